The van der Waals surface area contributed by atoms with Crippen molar-refractivity contribution in [1.82, 2.24) is 5.32 Å². The smallest absolute Gasteiger partial charge is 0.141 e. The minimum atomic E-state index is -0.264. The van der Waals surface area contributed by atoms with Crippen LogP contribution in [0.25, 0.3) is 22.1 Å². The number of benzene rings is 3. The molecule has 0 bridgehead atoms. The van der Waals surface area contributed by atoms with E-state index in [1.54, 1.807) is 12.3 Å². The number of ether oxygens (including phenoxy) is 1. The lowest BCUT2D eigenvalue weighted by atomic mass is 10.1. The Morgan fingerprint density at radius 2 is 1.74 bits per heavy atom. The molecule has 1 heterocycles. The number of halogens is 1. The van der Waals surface area contributed by atoms with Crippen molar-refractivity contribution in [3.05, 3.63) is 90.4 Å². The van der Waals surface area contributed by atoms with Gasteiger partial charge in [-0.1, -0.05) is 30.3 Å². The first-order chi connectivity index (χ1) is 13.3. The molecule has 0 saturated carbocycles. The zero-order valence-corrected chi connectivity index (χ0v) is 14.8. The molecule has 0 spiro atoms. The van der Waals surface area contributed by atoms with Gasteiger partial charge in [0.2, 0.25) is 0 Å². The second-order valence-electron chi connectivity index (χ2n) is 6.33. The van der Waals surface area contributed by atoms with E-state index in [4.69, 9.17) is 9.15 Å². The fraction of sp³-hybridized carbons (Fsp3) is 0.130. The van der Waals surface area contributed by atoms with Crippen LogP contribution < -0.4 is 10.1 Å². The quantitative estimate of drug-likeness (QED) is 0.447. The maximum Gasteiger partial charge on any atom is 0.141 e. The number of rotatable bonds is 7. The van der Waals surface area contributed by atoms with Crippen molar-refractivity contribution in [2.24, 2.45) is 0 Å². The van der Waals surface area contributed by atoms with Crippen molar-refractivity contribution < 1.29 is 13.5 Å². The van der Waals surface area contributed by atoms with E-state index in [0.717, 1.165) is 40.9 Å². The van der Waals surface area contributed by atoms with Gasteiger partial charge in [0.1, 0.15) is 23.9 Å². The molecule has 0 fully saturated rings. The van der Waals surface area contributed by atoms with Crippen LogP contribution in [-0.2, 0) is 6.54 Å². The molecule has 4 aromatic rings. The first-order valence-corrected chi connectivity index (χ1v) is 8.94. The van der Waals surface area contributed by atoms with E-state index in [-0.39, 0.29) is 5.82 Å². The zero-order chi connectivity index (χ0) is 18.5. The molecule has 0 amide bonds. The lowest BCUT2D eigenvalue weighted by Gasteiger charge is -2.08. The molecular formula is C23H20FNO2. The molecule has 0 radical (unpaired) electrons. The number of hydrogen-bond acceptors (Lipinski definition) is 3. The highest BCUT2D eigenvalue weighted by atomic mass is 19.1. The lowest BCUT2D eigenvalue weighted by Crippen LogP contribution is -2.20. The molecule has 3 nitrogen and oxygen atoms in total. The topological polar surface area (TPSA) is 34.4 Å². The Morgan fingerprint density at radius 3 is 2.56 bits per heavy atom. The van der Waals surface area contributed by atoms with Gasteiger partial charge < -0.3 is 14.5 Å². The molecule has 0 aliphatic carbocycles. The number of furan rings is 1. The van der Waals surface area contributed by atoms with Crippen LogP contribution in [0.2, 0.25) is 0 Å². The van der Waals surface area contributed by atoms with Crippen LogP contribution in [0.3, 0.4) is 0 Å². The van der Waals surface area contributed by atoms with Crippen LogP contribution in [0.5, 0.6) is 5.75 Å². The van der Waals surface area contributed by atoms with Crippen molar-refractivity contribution in [1.29, 1.82) is 0 Å². The molecule has 27 heavy (non-hydrogen) atoms. The SMILES string of the molecule is Fc1ccc2c(-c3ccc(OCCNCc4ccccc4)cc3)occ2c1. The summed E-state index contributed by atoms with van der Waals surface area (Å²) in [6.07, 6.45) is 1.58. The number of nitrogens with one attached hydrogen (secondary N) is 1. The van der Waals surface area contributed by atoms with Crippen molar-refractivity contribution in [3.8, 4) is 17.1 Å². The Balaban J connectivity index is 1.32. The van der Waals surface area contributed by atoms with Crippen molar-refractivity contribution in [2.75, 3.05) is 13.2 Å². The number of hydrogen-bond donors (Lipinski definition) is 1. The van der Waals surface area contributed by atoms with Crippen molar-refractivity contribution >= 4 is 10.8 Å². The van der Waals surface area contributed by atoms with E-state index in [1.807, 2.05) is 42.5 Å². The summed E-state index contributed by atoms with van der Waals surface area (Å²) in [5.74, 6) is 1.28. The van der Waals surface area contributed by atoms with E-state index in [1.165, 1.54) is 17.7 Å². The van der Waals surface area contributed by atoms with Gasteiger partial charge in [-0.2, -0.15) is 0 Å². The van der Waals surface area contributed by atoms with E-state index in [9.17, 15) is 4.39 Å². The summed E-state index contributed by atoms with van der Waals surface area (Å²) >= 11 is 0. The molecular weight excluding hydrogens is 341 g/mol. The summed E-state index contributed by atoms with van der Waals surface area (Å²) in [6, 6.07) is 22.7. The van der Waals surface area contributed by atoms with E-state index in [0.29, 0.717) is 6.61 Å². The highest BCUT2D eigenvalue weighted by Crippen LogP contribution is 2.31. The predicted octanol–water partition coefficient (Wildman–Crippen LogP) is 5.41. The summed E-state index contributed by atoms with van der Waals surface area (Å²) in [4.78, 5) is 0. The minimum Gasteiger partial charge on any atom is -0.492 e. The van der Waals surface area contributed by atoms with E-state index in [2.05, 4.69) is 17.4 Å². The maximum atomic E-state index is 13.3. The van der Waals surface area contributed by atoms with Gasteiger partial charge in [0.15, 0.2) is 0 Å². The van der Waals surface area contributed by atoms with Gasteiger partial charge in [-0.05, 0) is 48.0 Å². The Hall–Kier alpha value is -3.11. The Morgan fingerprint density at radius 1 is 0.926 bits per heavy atom. The maximum absolute atomic E-state index is 13.3. The molecule has 1 aromatic heterocycles. The molecule has 4 rings (SSSR count). The van der Waals surface area contributed by atoms with E-state index >= 15 is 0 Å². The highest BCUT2D eigenvalue weighted by Gasteiger charge is 2.09. The molecule has 4 heteroatoms. The third kappa shape index (κ3) is 4.18. The van der Waals surface area contributed by atoms with Gasteiger partial charge in [0, 0.05) is 29.4 Å². The van der Waals surface area contributed by atoms with E-state index < -0.39 is 0 Å². The molecule has 0 aliphatic rings. The van der Waals surface area contributed by atoms with Crippen molar-refractivity contribution in [3.63, 3.8) is 0 Å². The Bertz CT molecular complexity index is 1010. The average molecular weight is 361 g/mol. The van der Waals surface area contributed by atoms with Crippen LogP contribution in [0.4, 0.5) is 4.39 Å². The largest absolute Gasteiger partial charge is 0.492 e. The monoisotopic (exact) mass is 361 g/mol. The van der Waals surface area contributed by atoms with Gasteiger partial charge in [-0.15, -0.1) is 0 Å². The Kier molecular flexibility index (Phi) is 5.17. The van der Waals surface area contributed by atoms with Crippen LogP contribution in [0.1, 0.15) is 5.56 Å². The second-order valence-corrected chi connectivity index (χ2v) is 6.33. The van der Waals surface area contributed by atoms with Crippen LogP contribution in [0.15, 0.2) is 83.5 Å². The third-order valence-corrected chi connectivity index (χ3v) is 4.40. The van der Waals surface area contributed by atoms with Crippen LogP contribution >= 0.6 is 0 Å². The first kappa shape index (κ1) is 17.3. The molecule has 3 aromatic carbocycles. The third-order valence-electron chi connectivity index (χ3n) is 4.40. The normalized spacial score (nSPS) is 11.0. The van der Waals surface area contributed by atoms with Crippen LogP contribution in [0, 0.1) is 5.82 Å². The molecule has 0 atom stereocenters. The fourth-order valence-corrected chi connectivity index (χ4v) is 3.02. The van der Waals surface area contributed by atoms with Gasteiger partial charge >= 0.3 is 0 Å². The van der Waals surface area contributed by atoms with Crippen molar-refractivity contribution in [2.45, 2.75) is 6.54 Å². The van der Waals surface area contributed by atoms with Crippen LogP contribution in [-0.4, -0.2) is 13.2 Å². The summed E-state index contributed by atoms with van der Waals surface area (Å²) in [6.45, 7) is 2.19. The predicted molar refractivity (Wildman–Crippen MR) is 105 cm³/mol. The second kappa shape index (κ2) is 8.06. The molecule has 0 aliphatic heterocycles. The summed E-state index contributed by atoms with van der Waals surface area (Å²) in [5, 5.41) is 5.02. The van der Waals surface area contributed by atoms with Gasteiger partial charge in [0.05, 0.1) is 6.26 Å². The molecule has 136 valence electrons. The van der Waals surface area contributed by atoms with Gasteiger partial charge in [-0.25, -0.2) is 4.39 Å². The van der Waals surface area contributed by atoms with Gasteiger partial charge in [0.25, 0.3) is 0 Å². The summed E-state index contributed by atoms with van der Waals surface area (Å²) < 4.78 is 24.7. The number of fused-ring (bicyclic) bond motifs is 1. The Labute approximate surface area is 157 Å². The van der Waals surface area contributed by atoms with Gasteiger partial charge in [-0.3, -0.25) is 0 Å². The molecule has 0 unspecified atom stereocenters. The lowest BCUT2D eigenvalue weighted by molar-refractivity contribution is 0.313. The zero-order valence-electron chi connectivity index (χ0n) is 14.8. The first-order valence-electron chi connectivity index (χ1n) is 8.94. The fourth-order valence-electron chi connectivity index (χ4n) is 3.02. The summed E-state index contributed by atoms with van der Waals surface area (Å²) in [5.41, 5.74) is 2.19. The standard InChI is InChI=1S/C23H20FNO2/c24-20-8-11-22-19(14-20)16-27-23(22)18-6-9-21(10-7-18)26-13-12-25-15-17-4-2-1-3-5-17/h1-11,14,16,25H,12-13,15H2. The minimum absolute atomic E-state index is 0.264. The molecule has 1 N–H and O–H groups in total. The average Bonchev–Trinajstić information content (AvgIpc) is 3.12. The highest BCUT2D eigenvalue weighted by molar-refractivity contribution is 5.94. The summed E-state index contributed by atoms with van der Waals surface area (Å²) in [7, 11) is 0. The molecule has 0 saturated heterocycles.